The van der Waals surface area contributed by atoms with Crippen molar-refractivity contribution in [3.8, 4) is 5.75 Å². The van der Waals surface area contributed by atoms with Gasteiger partial charge in [0.1, 0.15) is 0 Å². The van der Waals surface area contributed by atoms with Crippen molar-refractivity contribution >= 4 is 32.5 Å². The molecule has 2 N–H and O–H groups in total. The molecule has 0 aliphatic heterocycles. The van der Waals surface area contributed by atoms with Crippen molar-refractivity contribution in [2.45, 2.75) is 6.18 Å². The van der Waals surface area contributed by atoms with Crippen molar-refractivity contribution in [3.63, 3.8) is 0 Å². The maximum Gasteiger partial charge on any atom is 0.422 e. The molecule has 1 aromatic heterocycles. The van der Waals surface area contributed by atoms with E-state index in [1.54, 1.807) is 18.2 Å². The Labute approximate surface area is 109 Å². The Balaban J connectivity index is 2.47. The van der Waals surface area contributed by atoms with Crippen LogP contribution in [0.5, 0.6) is 5.75 Å². The molecule has 0 spiro atoms. The number of alkyl halides is 3. The number of rotatable bonds is 2. The summed E-state index contributed by atoms with van der Waals surface area (Å²) in [6.07, 6.45) is -3.13. The molecule has 0 saturated heterocycles. The van der Waals surface area contributed by atoms with Crippen LogP contribution < -0.4 is 10.5 Å². The van der Waals surface area contributed by atoms with Crippen molar-refractivity contribution in [2.24, 2.45) is 0 Å². The number of hydrogen-bond donors (Lipinski definition) is 1. The number of ether oxygens (including phenoxy) is 1. The zero-order chi connectivity index (χ0) is 13.3. The summed E-state index contributed by atoms with van der Waals surface area (Å²) in [4.78, 5) is 4.02. The molecule has 0 amide bonds. The average molecular weight is 321 g/mol. The van der Waals surface area contributed by atoms with Gasteiger partial charge in [-0.15, -0.1) is 0 Å². The lowest BCUT2D eigenvalue weighted by atomic mass is 10.2. The van der Waals surface area contributed by atoms with Gasteiger partial charge in [0, 0.05) is 9.86 Å². The van der Waals surface area contributed by atoms with Gasteiger partial charge in [-0.3, -0.25) is 4.98 Å². The number of fused-ring (bicyclic) bond motifs is 1. The zero-order valence-corrected chi connectivity index (χ0v) is 10.5. The fraction of sp³-hybridized carbons (Fsp3) is 0.182. The van der Waals surface area contributed by atoms with E-state index in [4.69, 9.17) is 10.5 Å². The summed E-state index contributed by atoms with van der Waals surface area (Å²) in [6.45, 7) is -1.39. The van der Waals surface area contributed by atoms with Gasteiger partial charge in [-0.1, -0.05) is 15.9 Å². The van der Waals surface area contributed by atoms with E-state index in [1.807, 2.05) is 0 Å². The number of benzene rings is 1. The fourth-order valence-corrected chi connectivity index (χ4v) is 1.83. The number of aromatic nitrogens is 1. The Morgan fingerprint density at radius 2 is 2.06 bits per heavy atom. The highest BCUT2D eigenvalue weighted by atomic mass is 79.9. The second-order valence-corrected chi connectivity index (χ2v) is 4.52. The van der Waals surface area contributed by atoms with E-state index in [9.17, 15) is 13.2 Å². The van der Waals surface area contributed by atoms with Crippen LogP contribution >= 0.6 is 15.9 Å². The highest BCUT2D eigenvalue weighted by molar-refractivity contribution is 9.10. The van der Waals surface area contributed by atoms with E-state index in [1.165, 1.54) is 6.20 Å². The number of nitrogens with two attached hydrogens (primary N) is 1. The topological polar surface area (TPSA) is 48.1 Å². The van der Waals surface area contributed by atoms with Crippen LogP contribution in [0.2, 0.25) is 0 Å². The van der Waals surface area contributed by atoms with Crippen molar-refractivity contribution < 1.29 is 17.9 Å². The van der Waals surface area contributed by atoms with Crippen LogP contribution in [0, 0.1) is 0 Å². The van der Waals surface area contributed by atoms with Crippen molar-refractivity contribution in [3.05, 3.63) is 28.9 Å². The molecular formula is C11H8BrF3N2O. The first-order chi connectivity index (χ1) is 8.37. The summed E-state index contributed by atoms with van der Waals surface area (Å²) in [6, 6.07) is 5.02. The molecule has 1 heterocycles. The first-order valence-corrected chi connectivity index (χ1v) is 5.69. The Morgan fingerprint density at radius 3 is 2.72 bits per heavy atom. The number of pyridine rings is 1. The van der Waals surface area contributed by atoms with E-state index in [2.05, 4.69) is 20.9 Å². The minimum absolute atomic E-state index is 0.00127. The highest BCUT2D eigenvalue weighted by Gasteiger charge is 2.29. The van der Waals surface area contributed by atoms with Gasteiger partial charge < -0.3 is 10.5 Å². The lowest BCUT2D eigenvalue weighted by Gasteiger charge is -2.13. The maximum absolute atomic E-state index is 12.2. The van der Waals surface area contributed by atoms with Gasteiger partial charge >= 0.3 is 6.18 Å². The first-order valence-electron chi connectivity index (χ1n) is 4.90. The largest absolute Gasteiger partial charge is 0.481 e. The second-order valence-electron chi connectivity index (χ2n) is 3.61. The minimum Gasteiger partial charge on any atom is -0.481 e. The molecule has 1 aromatic carbocycles. The summed E-state index contributed by atoms with van der Waals surface area (Å²) < 4.78 is 42.0. The van der Waals surface area contributed by atoms with E-state index in [0.29, 0.717) is 15.4 Å². The highest BCUT2D eigenvalue weighted by Crippen LogP contribution is 2.33. The molecule has 0 aliphatic carbocycles. The van der Waals surface area contributed by atoms with Crippen LogP contribution in [-0.2, 0) is 0 Å². The number of halogens is 4. The first kappa shape index (κ1) is 12.9. The predicted octanol–water partition coefficient (Wildman–Crippen LogP) is 3.52. The monoisotopic (exact) mass is 320 g/mol. The molecule has 0 radical (unpaired) electrons. The standard InChI is InChI=1S/C11H8BrF3N2O/c12-6-1-2-9-7(3-6)10(8(16)4-17-9)18-5-11(13,14)15/h1-4H,5,16H2. The molecule has 2 aromatic rings. The zero-order valence-electron chi connectivity index (χ0n) is 8.96. The van der Waals surface area contributed by atoms with E-state index < -0.39 is 12.8 Å². The van der Waals surface area contributed by atoms with Gasteiger partial charge in [0.15, 0.2) is 12.4 Å². The molecule has 7 heteroatoms. The Kier molecular flexibility index (Phi) is 3.34. The Morgan fingerprint density at radius 1 is 1.33 bits per heavy atom. The third-order valence-electron chi connectivity index (χ3n) is 2.19. The predicted molar refractivity (Wildman–Crippen MR) is 65.4 cm³/mol. The number of hydrogen-bond acceptors (Lipinski definition) is 3. The van der Waals surface area contributed by atoms with Crippen LogP contribution in [0.1, 0.15) is 0 Å². The van der Waals surface area contributed by atoms with E-state index >= 15 is 0 Å². The minimum atomic E-state index is -4.41. The number of anilines is 1. The molecule has 0 aliphatic rings. The van der Waals surface area contributed by atoms with Crippen LogP contribution in [0.4, 0.5) is 18.9 Å². The van der Waals surface area contributed by atoms with Gasteiger partial charge in [-0.25, -0.2) is 0 Å². The lowest BCUT2D eigenvalue weighted by molar-refractivity contribution is -0.153. The van der Waals surface area contributed by atoms with Crippen LogP contribution in [0.15, 0.2) is 28.9 Å². The second kappa shape index (κ2) is 4.64. The van der Waals surface area contributed by atoms with Gasteiger partial charge in [0.2, 0.25) is 0 Å². The third kappa shape index (κ3) is 2.84. The molecule has 0 saturated carbocycles. The molecule has 0 fully saturated rings. The van der Waals surface area contributed by atoms with Gasteiger partial charge in [-0.05, 0) is 18.2 Å². The molecular weight excluding hydrogens is 313 g/mol. The third-order valence-corrected chi connectivity index (χ3v) is 2.68. The Hall–Kier alpha value is -1.50. The van der Waals surface area contributed by atoms with E-state index in [-0.39, 0.29) is 11.4 Å². The maximum atomic E-state index is 12.2. The molecule has 0 unspecified atom stereocenters. The number of nitrogens with zero attached hydrogens (tertiary/aromatic N) is 1. The smallest absolute Gasteiger partial charge is 0.422 e. The van der Waals surface area contributed by atoms with Crippen molar-refractivity contribution in [2.75, 3.05) is 12.3 Å². The van der Waals surface area contributed by atoms with Gasteiger partial charge in [0.25, 0.3) is 0 Å². The van der Waals surface area contributed by atoms with Crippen LogP contribution in [-0.4, -0.2) is 17.8 Å². The van der Waals surface area contributed by atoms with E-state index in [0.717, 1.165) is 0 Å². The summed E-state index contributed by atoms with van der Waals surface area (Å²) in [5, 5.41) is 0.439. The molecule has 2 rings (SSSR count). The summed E-state index contributed by atoms with van der Waals surface area (Å²) in [5.74, 6) is -0.00127. The fourth-order valence-electron chi connectivity index (χ4n) is 1.47. The average Bonchev–Trinajstić information content (AvgIpc) is 2.26. The SMILES string of the molecule is Nc1cnc2ccc(Br)cc2c1OCC(F)(F)F. The summed E-state index contributed by atoms with van der Waals surface area (Å²) >= 11 is 3.24. The summed E-state index contributed by atoms with van der Waals surface area (Å²) in [5.41, 5.74) is 6.19. The van der Waals surface area contributed by atoms with Crippen LogP contribution in [0.3, 0.4) is 0 Å². The number of nitrogen functional groups attached to an aromatic ring is 1. The molecule has 0 bridgehead atoms. The molecule has 18 heavy (non-hydrogen) atoms. The normalized spacial score (nSPS) is 11.8. The van der Waals surface area contributed by atoms with Crippen molar-refractivity contribution in [1.82, 2.24) is 4.98 Å². The lowest BCUT2D eigenvalue weighted by Crippen LogP contribution is -2.19. The molecule has 96 valence electrons. The summed E-state index contributed by atoms with van der Waals surface area (Å²) in [7, 11) is 0. The van der Waals surface area contributed by atoms with Gasteiger partial charge in [-0.2, -0.15) is 13.2 Å². The Bertz CT molecular complexity index is 581. The molecule has 0 atom stereocenters. The quantitative estimate of drug-likeness (QED) is 0.921. The van der Waals surface area contributed by atoms with Gasteiger partial charge in [0.05, 0.1) is 17.4 Å². The molecule has 3 nitrogen and oxygen atoms in total. The van der Waals surface area contributed by atoms with Crippen molar-refractivity contribution in [1.29, 1.82) is 0 Å². The van der Waals surface area contributed by atoms with Crippen LogP contribution in [0.25, 0.3) is 10.9 Å².